The quantitative estimate of drug-likeness (QED) is 0.778. The molecule has 0 saturated heterocycles. The Hall–Kier alpha value is -1.81. The standard InChI is InChI=1S/C17H18BrNO2/c1-13-7-9-16(10-8-13)21-11-3-6-17(20)19-15-5-2-4-14(18)12-15/h2,4-5,7-10,12H,3,6,11H2,1H3,(H,19,20). The van der Waals surface area contributed by atoms with Gasteiger partial charge in [-0.3, -0.25) is 4.79 Å². The average molecular weight is 348 g/mol. The second kappa shape index (κ2) is 7.84. The molecule has 0 aromatic heterocycles. The first-order chi connectivity index (χ1) is 10.1. The van der Waals surface area contributed by atoms with Crippen molar-refractivity contribution in [2.24, 2.45) is 0 Å². The van der Waals surface area contributed by atoms with Crippen LogP contribution < -0.4 is 10.1 Å². The zero-order valence-corrected chi connectivity index (χ0v) is 13.5. The number of carbonyl (C=O) groups is 1. The number of aryl methyl sites for hydroxylation is 1. The first-order valence-corrected chi connectivity index (χ1v) is 7.68. The van der Waals surface area contributed by atoms with Gasteiger partial charge in [-0.25, -0.2) is 0 Å². The van der Waals surface area contributed by atoms with Gasteiger partial charge >= 0.3 is 0 Å². The normalized spacial score (nSPS) is 10.2. The molecule has 2 rings (SSSR count). The SMILES string of the molecule is Cc1ccc(OCCCC(=O)Nc2cccc(Br)c2)cc1. The zero-order chi connectivity index (χ0) is 15.1. The van der Waals surface area contributed by atoms with E-state index >= 15 is 0 Å². The Morgan fingerprint density at radius 1 is 1.19 bits per heavy atom. The summed E-state index contributed by atoms with van der Waals surface area (Å²) in [5, 5.41) is 2.86. The molecule has 0 radical (unpaired) electrons. The maximum Gasteiger partial charge on any atom is 0.224 e. The lowest BCUT2D eigenvalue weighted by molar-refractivity contribution is -0.116. The van der Waals surface area contributed by atoms with Gasteiger partial charge in [0.25, 0.3) is 0 Å². The molecule has 1 N–H and O–H groups in total. The molecule has 0 fully saturated rings. The van der Waals surface area contributed by atoms with Crippen LogP contribution in [0, 0.1) is 6.92 Å². The van der Waals surface area contributed by atoms with Crippen LogP contribution in [0.3, 0.4) is 0 Å². The van der Waals surface area contributed by atoms with Crippen molar-refractivity contribution in [3.8, 4) is 5.75 Å². The first kappa shape index (κ1) is 15.6. The summed E-state index contributed by atoms with van der Waals surface area (Å²) in [4.78, 5) is 11.8. The Morgan fingerprint density at radius 2 is 1.95 bits per heavy atom. The summed E-state index contributed by atoms with van der Waals surface area (Å²) >= 11 is 3.38. The third kappa shape index (κ3) is 5.60. The number of anilines is 1. The van der Waals surface area contributed by atoms with Gasteiger partial charge in [-0.1, -0.05) is 39.7 Å². The Bertz CT molecular complexity index is 596. The fourth-order valence-corrected chi connectivity index (χ4v) is 2.25. The van der Waals surface area contributed by atoms with Gasteiger partial charge in [-0.05, 0) is 43.7 Å². The molecule has 0 heterocycles. The second-order valence-electron chi connectivity index (χ2n) is 4.82. The topological polar surface area (TPSA) is 38.3 Å². The highest BCUT2D eigenvalue weighted by Crippen LogP contribution is 2.16. The van der Waals surface area contributed by atoms with Crippen molar-refractivity contribution in [2.75, 3.05) is 11.9 Å². The molecular formula is C17H18BrNO2. The van der Waals surface area contributed by atoms with Crippen LogP contribution >= 0.6 is 15.9 Å². The lowest BCUT2D eigenvalue weighted by atomic mass is 10.2. The van der Waals surface area contributed by atoms with E-state index in [1.54, 1.807) is 0 Å². The van der Waals surface area contributed by atoms with Gasteiger partial charge in [-0.2, -0.15) is 0 Å². The number of ether oxygens (including phenoxy) is 1. The van der Waals surface area contributed by atoms with E-state index in [0.29, 0.717) is 19.4 Å². The summed E-state index contributed by atoms with van der Waals surface area (Å²) in [7, 11) is 0. The van der Waals surface area contributed by atoms with Crippen LogP contribution in [-0.4, -0.2) is 12.5 Å². The molecule has 21 heavy (non-hydrogen) atoms. The summed E-state index contributed by atoms with van der Waals surface area (Å²) in [5.41, 5.74) is 2.00. The molecule has 0 spiro atoms. The Labute approximate surface area is 133 Å². The minimum absolute atomic E-state index is 0.000561. The summed E-state index contributed by atoms with van der Waals surface area (Å²) in [6.45, 7) is 2.57. The third-order valence-corrected chi connectivity index (χ3v) is 3.44. The molecule has 2 aromatic carbocycles. The molecule has 0 aliphatic carbocycles. The lowest BCUT2D eigenvalue weighted by Gasteiger charge is -2.07. The maximum atomic E-state index is 11.8. The molecule has 0 unspecified atom stereocenters. The molecule has 0 aliphatic heterocycles. The number of benzene rings is 2. The molecule has 0 aliphatic rings. The van der Waals surface area contributed by atoms with Crippen molar-refractivity contribution in [3.63, 3.8) is 0 Å². The van der Waals surface area contributed by atoms with Crippen LogP contribution in [0.15, 0.2) is 53.0 Å². The molecule has 4 heteroatoms. The molecule has 0 atom stereocenters. The lowest BCUT2D eigenvalue weighted by Crippen LogP contribution is -2.12. The Balaban J connectivity index is 1.68. The van der Waals surface area contributed by atoms with Crippen LogP contribution in [0.5, 0.6) is 5.75 Å². The highest BCUT2D eigenvalue weighted by atomic mass is 79.9. The maximum absolute atomic E-state index is 11.8. The number of hydrogen-bond donors (Lipinski definition) is 1. The first-order valence-electron chi connectivity index (χ1n) is 6.88. The van der Waals surface area contributed by atoms with Gasteiger partial charge in [0, 0.05) is 16.6 Å². The van der Waals surface area contributed by atoms with Crippen LogP contribution in [0.1, 0.15) is 18.4 Å². The number of hydrogen-bond acceptors (Lipinski definition) is 2. The van der Waals surface area contributed by atoms with Crippen LogP contribution in [0.2, 0.25) is 0 Å². The summed E-state index contributed by atoms with van der Waals surface area (Å²) < 4.78 is 6.54. The summed E-state index contributed by atoms with van der Waals surface area (Å²) in [6, 6.07) is 15.5. The van der Waals surface area contributed by atoms with E-state index in [-0.39, 0.29) is 5.91 Å². The van der Waals surface area contributed by atoms with Crippen LogP contribution in [0.25, 0.3) is 0 Å². The molecular weight excluding hydrogens is 330 g/mol. The van der Waals surface area contributed by atoms with Crippen molar-refractivity contribution in [1.82, 2.24) is 0 Å². The number of nitrogens with one attached hydrogen (secondary N) is 1. The highest BCUT2D eigenvalue weighted by molar-refractivity contribution is 9.10. The largest absolute Gasteiger partial charge is 0.494 e. The number of rotatable bonds is 6. The molecule has 3 nitrogen and oxygen atoms in total. The average Bonchev–Trinajstić information content (AvgIpc) is 2.45. The Kier molecular flexibility index (Phi) is 5.81. The van der Waals surface area contributed by atoms with Crippen molar-refractivity contribution >= 4 is 27.5 Å². The minimum atomic E-state index is 0.000561. The van der Waals surface area contributed by atoms with Gasteiger partial charge in [0.2, 0.25) is 5.91 Å². The molecule has 0 bridgehead atoms. The molecule has 0 saturated carbocycles. The van der Waals surface area contributed by atoms with Crippen molar-refractivity contribution in [3.05, 3.63) is 58.6 Å². The van der Waals surface area contributed by atoms with E-state index < -0.39 is 0 Å². The predicted molar refractivity (Wildman–Crippen MR) is 88.7 cm³/mol. The highest BCUT2D eigenvalue weighted by Gasteiger charge is 2.03. The molecule has 110 valence electrons. The van der Waals surface area contributed by atoms with E-state index in [0.717, 1.165) is 15.9 Å². The van der Waals surface area contributed by atoms with Crippen molar-refractivity contribution in [2.45, 2.75) is 19.8 Å². The molecule has 2 aromatic rings. The van der Waals surface area contributed by atoms with E-state index in [1.807, 2.05) is 55.5 Å². The zero-order valence-electron chi connectivity index (χ0n) is 11.9. The number of carbonyl (C=O) groups excluding carboxylic acids is 1. The van der Waals surface area contributed by atoms with E-state index in [1.165, 1.54) is 5.56 Å². The smallest absolute Gasteiger partial charge is 0.224 e. The van der Waals surface area contributed by atoms with Crippen LogP contribution in [-0.2, 0) is 4.79 Å². The van der Waals surface area contributed by atoms with Gasteiger partial charge < -0.3 is 10.1 Å². The number of amides is 1. The van der Waals surface area contributed by atoms with E-state index in [2.05, 4.69) is 21.2 Å². The van der Waals surface area contributed by atoms with Gasteiger partial charge in [0.15, 0.2) is 0 Å². The van der Waals surface area contributed by atoms with Gasteiger partial charge in [-0.15, -0.1) is 0 Å². The number of halogens is 1. The van der Waals surface area contributed by atoms with Crippen molar-refractivity contribution < 1.29 is 9.53 Å². The molecule has 1 amide bonds. The van der Waals surface area contributed by atoms with Crippen molar-refractivity contribution in [1.29, 1.82) is 0 Å². The monoisotopic (exact) mass is 347 g/mol. The second-order valence-corrected chi connectivity index (χ2v) is 5.74. The van der Waals surface area contributed by atoms with Gasteiger partial charge in [0.1, 0.15) is 5.75 Å². The summed E-state index contributed by atoms with van der Waals surface area (Å²) in [6.07, 6.45) is 1.13. The Morgan fingerprint density at radius 3 is 2.67 bits per heavy atom. The predicted octanol–water partition coefficient (Wildman–Crippen LogP) is 4.56. The van der Waals surface area contributed by atoms with E-state index in [4.69, 9.17) is 4.74 Å². The van der Waals surface area contributed by atoms with Gasteiger partial charge in [0.05, 0.1) is 6.61 Å². The fourth-order valence-electron chi connectivity index (χ4n) is 1.85. The van der Waals surface area contributed by atoms with Crippen LogP contribution in [0.4, 0.5) is 5.69 Å². The summed E-state index contributed by atoms with van der Waals surface area (Å²) in [5.74, 6) is 0.841. The minimum Gasteiger partial charge on any atom is -0.494 e. The third-order valence-electron chi connectivity index (χ3n) is 2.95. The van der Waals surface area contributed by atoms with E-state index in [9.17, 15) is 4.79 Å². The fraction of sp³-hybridized carbons (Fsp3) is 0.235.